The standard InChI is InChI=1S/C13H12BrN.H2O/c1-3-9-6-10-4-5-11(15-2)8-12(10)13(14)7-9;/h4-8H,2-3H2,1H3;1H2. The minimum atomic E-state index is 0. The highest BCUT2D eigenvalue weighted by Crippen LogP contribution is 2.29. The summed E-state index contributed by atoms with van der Waals surface area (Å²) in [6.07, 6.45) is 1.05. The predicted octanol–water partition coefficient (Wildman–Crippen LogP) is 3.67. The van der Waals surface area contributed by atoms with E-state index in [1.165, 1.54) is 16.3 Å². The number of aliphatic imine (C=N–C) groups is 1. The Kier molecular flexibility index (Phi) is 4.21. The molecule has 0 atom stereocenters. The predicted molar refractivity (Wildman–Crippen MR) is 73.8 cm³/mol. The van der Waals surface area contributed by atoms with Crippen LogP contribution < -0.4 is 0 Å². The van der Waals surface area contributed by atoms with Crippen LogP contribution in [0.15, 0.2) is 39.8 Å². The molecule has 2 aromatic rings. The maximum Gasteiger partial charge on any atom is 0.0629 e. The molecule has 0 saturated heterocycles. The highest BCUT2D eigenvalue weighted by molar-refractivity contribution is 9.10. The van der Waals surface area contributed by atoms with Gasteiger partial charge in [0.2, 0.25) is 0 Å². The van der Waals surface area contributed by atoms with E-state index in [-0.39, 0.29) is 5.48 Å². The van der Waals surface area contributed by atoms with Gasteiger partial charge in [-0.25, -0.2) is 0 Å². The molecular weight excluding hydrogens is 266 g/mol. The second-order valence-electron chi connectivity index (χ2n) is 3.49. The van der Waals surface area contributed by atoms with Gasteiger partial charge in [-0.05, 0) is 47.7 Å². The monoisotopic (exact) mass is 279 g/mol. The Labute approximate surface area is 103 Å². The molecule has 0 radical (unpaired) electrons. The Balaban J connectivity index is 0.00000128. The smallest absolute Gasteiger partial charge is 0.0629 e. The zero-order valence-electron chi connectivity index (χ0n) is 9.13. The molecule has 0 spiro atoms. The number of fused-ring (bicyclic) bond motifs is 1. The molecule has 2 N–H and O–H groups in total. The average molecular weight is 280 g/mol. The van der Waals surface area contributed by atoms with Crippen molar-refractivity contribution in [1.82, 2.24) is 0 Å². The summed E-state index contributed by atoms with van der Waals surface area (Å²) in [6.45, 7) is 5.70. The van der Waals surface area contributed by atoms with Gasteiger partial charge in [-0.15, -0.1) is 0 Å². The molecule has 2 rings (SSSR count). The lowest BCUT2D eigenvalue weighted by Gasteiger charge is -2.05. The van der Waals surface area contributed by atoms with Gasteiger partial charge in [0.1, 0.15) is 0 Å². The lowest BCUT2D eigenvalue weighted by Crippen LogP contribution is -1.82. The summed E-state index contributed by atoms with van der Waals surface area (Å²) in [5.74, 6) is 0. The number of benzene rings is 2. The number of hydrogen-bond donors (Lipinski definition) is 0. The molecule has 3 heteroatoms. The van der Waals surface area contributed by atoms with E-state index in [1.54, 1.807) is 0 Å². The van der Waals surface area contributed by atoms with Crippen LogP contribution in [-0.2, 0) is 6.42 Å². The van der Waals surface area contributed by atoms with Gasteiger partial charge in [-0.2, -0.15) is 0 Å². The Morgan fingerprint density at radius 3 is 2.62 bits per heavy atom. The summed E-state index contributed by atoms with van der Waals surface area (Å²) in [7, 11) is 0. The summed E-state index contributed by atoms with van der Waals surface area (Å²) in [4.78, 5) is 3.93. The van der Waals surface area contributed by atoms with Gasteiger partial charge in [-0.3, -0.25) is 4.99 Å². The van der Waals surface area contributed by atoms with Crippen molar-refractivity contribution < 1.29 is 5.48 Å². The number of aryl methyl sites for hydroxylation is 1. The van der Waals surface area contributed by atoms with Crippen molar-refractivity contribution in [3.63, 3.8) is 0 Å². The molecule has 16 heavy (non-hydrogen) atoms. The van der Waals surface area contributed by atoms with Gasteiger partial charge < -0.3 is 5.48 Å². The molecule has 84 valence electrons. The first-order chi connectivity index (χ1) is 7.24. The van der Waals surface area contributed by atoms with Gasteiger partial charge in [0.25, 0.3) is 0 Å². The zero-order chi connectivity index (χ0) is 10.8. The van der Waals surface area contributed by atoms with Crippen LogP contribution in [0.2, 0.25) is 0 Å². The van der Waals surface area contributed by atoms with Crippen LogP contribution in [0.3, 0.4) is 0 Å². The Morgan fingerprint density at radius 2 is 2.00 bits per heavy atom. The summed E-state index contributed by atoms with van der Waals surface area (Å²) in [5, 5.41) is 2.44. The van der Waals surface area contributed by atoms with E-state index in [4.69, 9.17) is 0 Å². The quantitative estimate of drug-likeness (QED) is 0.753. The van der Waals surface area contributed by atoms with Gasteiger partial charge in [0.15, 0.2) is 0 Å². The number of nitrogens with zero attached hydrogens (tertiary/aromatic N) is 1. The van der Waals surface area contributed by atoms with Crippen LogP contribution in [0.5, 0.6) is 0 Å². The SMILES string of the molecule is C=Nc1ccc2cc(CC)cc(Br)c2c1.O. The van der Waals surface area contributed by atoms with Crippen molar-refractivity contribution in [2.75, 3.05) is 0 Å². The van der Waals surface area contributed by atoms with Crippen LogP contribution in [0.4, 0.5) is 5.69 Å². The highest BCUT2D eigenvalue weighted by Gasteiger charge is 2.01. The first-order valence-corrected chi connectivity index (χ1v) is 5.73. The fourth-order valence-corrected chi connectivity index (χ4v) is 2.30. The van der Waals surface area contributed by atoms with E-state index in [0.29, 0.717) is 0 Å². The third kappa shape index (κ3) is 2.31. The summed E-state index contributed by atoms with van der Waals surface area (Å²) in [6, 6.07) is 10.5. The molecule has 0 unspecified atom stereocenters. The van der Waals surface area contributed by atoms with Crippen molar-refractivity contribution in [3.05, 3.63) is 40.4 Å². The van der Waals surface area contributed by atoms with Gasteiger partial charge >= 0.3 is 0 Å². The molecule has 2 aromatic carbocycles. The van der Waals surface area contributed by atoms with E-state index in [2.05, 4.69) is 52.8 Å². The van der Waals surface area contributed by atoms with Crippen molar-refractivity contribution in [2.45, 2.75) is 13.3 Å². The van der Waals surface area contributed by atoms with Crippen LogP contribution in [0, 0.1) is 0 Å². The fourth-order valence-electron chi connectivity index (χ4n) is 1.66. The number of rotatable bonds is 2. The van der Waals surface area contributed by atoms with E-state index >= 15 is 0 Å². The third-order valence-electron chi connectivity index (χ3n) is 2.54. The van der Waals surface area contributed by atoms with Crippen LogP contribution in [0.1, 0.15) is 12.5 Å². The van der Waals surface area contributed by atoms with Crippen LogP contribution in [-0.4, -0.2) is 12.2 Å². The Bertz CT molecular complexity index is 523. The zero-order valence-corrected chi connectivity index (χ0v) is 10.7. The summed E-state index contributed by atoms with van der Waals surface area (Å²) < 4.78 is 1.13. The Morgan fingerprint density at radius 1 is 1.25 bits per heavy atom. The summed E-state index contributed by atoms with van der Waals surface area (Å²) >= 11 is 3.59. The third-order valence-corrected chi connectivity index (χ3v) is 3.19. The van der Waals surface area contributed by atoms with Crippen molar-refractivity contribution in [3.8, 4) is 0 Å². The topological polar surface area (TPSA) is 43.9 Å². The maximum absolute atomic E-state index is 3.93. The van der Waals surface area contributed by atoms with Gasteiger partial charge in [0.05, 0.1) is 5.69 Å². The molecule has 0 aliphatic carbocycles. The number of hydrogen-bond acceptors (Lipinski definition) is 1. The highest BCUT2D eigenvalue weighted by atomic mass is 79.9. The molecule has 0 aromatic heterocycles. The van der Waals surface area contributed by atoms with E-state index in [9.17, 15) is 0 Å². The van der Waals surface area contributed by atoms with E-state index < -0.39 is 0 Å². The minimum Gasteiger partial charge on any atom is -0.412 e. The summed E-state index contributed by atoms with van der Waals surface area (Å²) in [5.41, 5.74) is 2.25. The molecule has 0 aliphatic rings. The lowest BCUT2D eigenvalue weighted by molar-refractivity contribution is 0.824. The first kappa shape index (κ1) is 12.9. The molecule has 2 nitrogen and oxygen atoms in total. The largest absolute Gasteiger partial charge is 0.412 e. The molecule has 0 bridgehead atoms. The fraction of sp³-hybridized carbons (Fsp3) is 0.154. The maximum atomic E-state index is 3.93. The van der Waals surface area contributed by atoms with Crippen molar-refractivity contribution in [1.29, 1.82) is 0 Å². The Hall–Kier alpha value is -1.19. The minimum absolute atomic E-state index is 0. The molecular formula is C13H14BrNO. The first-order valence-electron chi connectivity index (χ1n) is 4.93. The lowest BCUT2D eigenvalue weighted by atomic mass is 10.1. The normalized spacial score (nSPS) is 9.88. The molecule has 0 saturated carbocycles. The second kappa shape index (κ2) is 5.23. The van der Waals surface area contributed by atoms with Gasteiger partial charge in [0, 0.05) is 4.47 Å². The van der Waals surface area contributed by atoms with Crippen LogP contribution >= 0.6 is 15.9 Å². The molecule has 0 aliphatic heterocycles. The van der Waals surface area contributed by atoms with Crippen LogP contribution in [0.25, 0.3) is 10.8 Å². The van der Waals surface area contributed by atoms with E-state index in [0.717, 1.165) is 16.6 Å². The van der Waals surface area contributed by atoms with E-state index in [1.807, 2.05) is 12.1 Å². The average Bonchev–Trinajstić information content (AvgIpc) is 2.28. The number of halogens is 1. The molecule has 0 heterocycles. The van der Waals surface area contributed by atoms with Gasteiger partial charge in [-0.1, -0.05) is 35.0 Å². The van der Waals surface area contributed by atoms with Crippen molar-refractivity contribution >= 4 is 39.1 Å². The molecule has 0 amide bonds. The second-order valence-corrected chi connectivity index (χ2v) is 4.35. The molecule has 0 fully saturated rings. The van der Waals surface area contributed by atoms with Crippen molar-refractivity contribution in [2.24, 2.45) is 4.99 Å².